The van der Waals surface area contributed by atoms with Crippen molar-refractivity contribution < 1.29 is 19.1 Å². The molecule has 6 nitrogen and oxygen atoms in total. The van der Waals surface area contributed by atoms with E-state index in [2.05, 4.69) is 5.32 Å². The molecule has 2 amide bonds. The average Bonchev–Trinajstić information content (AvgIpc) is 3.08. The molecule has 1 atom stereocenters. The van der Waals surface area contributed by atoms with Gasteiger partial charge in [0.05, 0.1) is 18.6 Å². The SMILES string of the molecule is COC(=O)c1cccc(N2CC(C(=O)NCc3ccc(C)cc3)CC2=O)c1. The monoisotopic (exact) mass is 366 g/mol. The number of carbonyl (C=O) groups excluding carboxylic acids is 3. The van der Waals surface area contributed by atoms with E-state index in [1.807, 2.05) is 31.2 Å². The third-order valence-corrected chi connectivity index (χ3v) is 4.66. The van der Waals surface area contributed by atoms with Crippen LogP contribution in [-0.2, 0) is 20.9 Å². The number of benzene rings is 2. The van der Waals surface area contributed by atoms with Gasteiger partial charge in [0.2, 0.25) is 11.8 Å². The molecule has 1 N–H and O–H groups in total. The highest BCUT2D eigenvalue weighted by Crippen LogP contribution is 2.26. The zero-order valence-electron chi connectivity index (χ0n) is 15.4. The molecule has 0 radical (unpaired) electrons. The summed E-state index contributed by atoms with van der Waals surface area (Å²) in [6, 6.07) is 14.6. The van der Waals surface area contributed by atoms with E-state index in [9.17, 15) is 14.4 Å². The normalized spacial score (nSPS) is 16.3. The molecular formula is C21H22N2O4. The van der Waals surface area contributed by atoms with Crippen LogP contribution >= 0.6 is 0 Å². The van der Waals surface area contributed by atoms with Gasteiger partial charge in [0.25, 0.3) is 0 Å². The second kappa shape index (κ2) is 8.03. The maximum Gasteiger partial charge on any atom is 0.337 e. The molecule has 1 saturated heterocycles. The maximum absolute atomic E-state index is 12.5. The second-order valence-electron chi connectivity index (χ2n) is 6.65. The van der Waals surface area contributed by atoms with Crippen molar-refractivity contribution >= 4 is 23.5 Å². The number of hydrogen-bond donors (Lipinski definition) is 1. The molecule has 1 unspecified atom stereocenters. The Hall–Kier alpha value is -3.15. The van der Waals surface area contributed by atoms with Crippen LogP contribution in [0, 0.1) is 12.8 Å². The molecule has 0 saturated carbocycles. The first-order chi connectivity index (χ1) is 13.0. The van der Waals surface area contributed by atoms with Crippen molar-refractivity contribution in [3.8, 4) is 0 Å². The molecule has 0 aromatic heterocycles. The van der Waals surface area contributed by atoms with E-state index in [0.717, 1.165) is 11.1 Å². The van der Waals surface area contributed by atoms with Crippen LogP contribution in [0.4, 0.5) is 5.69 Å². The molecular weight excluding hydrogens is 344 g/mol. The van der Waals surface area contributed by atoms with Crippen molar-refractivity contribution in [3.05, 3.63) is 65.2 Å². The number of nitrogens with one attached hydrogen (secondary N) is 1. The third kappa shape index (κ3) is 4.34. The van der Waals surface area contributed by atoms with Gasteiger partial charge >= 0.3 is 5.97 Å². The van der Waals surface area contributed by atoms with Crippen molar-refractivity contribution in [3.63, 3.8) is 0 Å². The number of aryl methyl sites for hydroxylation is 1. The number of hydrogen-bond acceptors (Lipinski definition) is 4. The summed E-state index contributed by atoms with van der Waals surface area (Å²) in [6.07, 6.45) is 0.155. The first kappa shape index (κ1) is 18.6. The van der Waals surface area contributed by atoms with E-state index < -0.39 is 11.9 Å². The van der Waals surface area contributed by atoms with E-state index in [1.165, 1.54) is 7.11 Å². The Morgan fingerprint density at radius 1 is 1.19 bits per heavy atom. The van der Waals surface area contributed by atoms with Crippen molar-refractivity contribution in [2.45, 2.75) is 19.9 Å². The number of nitrogens with zero attached hydrogens (tertiary/aromatic N) is 1. The summed E-state index contributed by atoms with van der Waals surface area (Å²) in [5, 5.41) is 2.90. The number of anilines is 1. The van der Waals surface area contributed by atoms with Gasteiger partial charge in [-0.1, -0.05) is 35.9 Å². The van der Waals surface area contributed by atoms with Crippen LogP contribution in [0.25, 0.3) is 0 Å². The van der Waals surface area contributed by atoms with E-state index in [4.69, 9.17) is 4.74 Å². The lowest BCUT2D eigenvalue weighted by Gasteiger charge is -2.17. The fourth-order valence-corrected chi connectivity index (χ4v) is 3.09. The molecule has 0 spiro atoms. The lowest BCUT2D eigenvalue weighted by molar-refractivity contribution is -0.126. The quantitative estimate of drug-likeness (QED) is 0.825. The highest BCUT2D eigenvalue weighted by Gasteiger charge is 2.35. The highest BCUT2D eigenvalue weighted by molar-refractivity contribution is 6.01. The largest absolute Gasteiger partial charge is 0.465 e. The van der Waals surface area contributed by atoms with E-state index >= 15 is 0 Å². The number of ether oxygens (including phenoxy) is 1. The molecule has 0 bridgehead atoms. The Morgan fingerprint density at radius 2 is 1.93 bits per heavy atom. The Labute approximate surface area is 158 Å². The van der Waals surface area contributed by atoms with E-state index in [1.54, 1.807) is 29.2 Å². The summed E-state index contributed by atoms with van der Waals surface area (Å²) >= 11 is 0. The van der Waals surface area contributed by atoms with Gasteiger partial charge in [-0.15, -0.1) is 0 Å². The molecule has 1 aliphatic rings. The predicted molar refractivity (Wildman–Crippen MR) is 101 cm³/mol. The fraction of sp³-hybridized carbons (Fsp3) is 0.286. The van der Waals surface area contributed by atoms with Gasteiger partial charge in [0.1, 0.15) is 0 Å². The van der Waals surface area contributed by atoms with Crippen LogP contribution in [-0.4, -0.2) is 31.4 Å². The summed E-state index contributed by atoms with van der Waals surface area (Å²) in [4.78, 5) is 38.1. The Balaban J connectivity index is 1.63. The fourth-order valence-electron chi connectivity index (χ4n) is 3.09. The number of methoxy groups -OCH3 is 1. The smallest absolute Gasteiger partial charge is 0.337 e. The standard InChI is InChI=1S/C21H22N2O4/c1-14-6-8-15(9-7-14)12-22-20(25)17-11-19(24)23(13-17)18-5-3-4-16(10-18)21(26)27-2/h3-10,17H,11-13H2,1-2H3,(H,22,25). The Morgan fingerprint density at radius 3 is 2.63 bits per heavy atom. The minimum absolute atomic E-state index is 0.132. The van der Waals surface area contributed by atoms with Gasteiger partial charge in [0, 0.05) is 25.2 Å². The molecule has 1 heterocycles. The molecule has 6 heteroatoms. The molecule has 1 fully saturated rings. The van der Waals surface area contributed by atoms with Crippen LogP contribution < -0.4 is 10.2 Å². The number of amides is 2. The third-order valence-electron chi connectivity index (χ3n) is 4.66. The summed E-state index contributed by atoms with van der Waals surface area (Å²) in [5.41, 5.74) is 3.14. The van der Waals surface area contributed by atoms with Crippen LogP contribution in [0.2, 0.25) is 0 Å². The van der Waals surface area contributed by atoms with Gasteiger partial charge < -0.3 is 15.0 Å². The average molecular weight is 366 g/mol. The molecule has 27 heavy (non-hydrogen) atoms. The van der Waals surface area contributed by atoms with E-state index in [0.29, 0.717) is 24.3 Å². The minimum atomic E-state index is -0.462. The number of carbonyl (C=O) groups is 3. The lowest BCUT2D eigenvalue weighted by atomic mass is 10.1. The molecule has 3 rings (SSSR count). The van der Waals surface area contributed by atoms with Gasteiger partial charge in [-0.3, -0.25) is 9.59 Å². The summed E-state index contributed by atoms with van der Waals surface area (Å²) < 4.78 is 4.71. The Kier molecular flexibility index (Phi) is 5.54. The van der Waals surface area contributed by atoms with Crippen LogP contribution in [0.3, 0.4) is 0 Å². The predicted octanol–water partition coefficient (Wildman–Crippen LogP) is 2.45. The first-order valence-corrected chi connectivity index (χ1v) is 8.80. The van der Waals surface area contributed by atoms with E-state index in [-0.39, 0.29) is 18.2 Å². The minimum Gasteiger partial charge on any atom is -0.465 e. The summed E-state index contributed by atoms with van der Waals surface area (Å²) in [7, 11) is 1.31. The van der Waals surface area contributed by atoms with Crippen LogP contribution in [0.5, 0.6) is 0 Å². The Bertz CT molecular complexity index is 861. The molecule has 140 valence electrons. The topological polar surface area (TPSA) is 75.7 Å². The molecule has 2 aromatic rings. The van der Waals surface area contributed by atoms with Crippen molar-refractivity contribution in [1.82, 2.24) is 5.32 Å². The number of rotatable bonds is 5. The van der Waals surface area contributed by atoms with Gasteiger partial charge in [-0.05, 0) is 30.7 Å². The van der Waals surface area contributed by atoms with Gasteiger partial charge in [-0.25, -0.2) is 4.79 Å². The molecule has 0 aliphatic carbocycles. The molecule has 2 aromatic carbocycles. The highest BCUT2D eigenvalue weighted by atomic mass is 16.5. The maximum atomic E-state index is 12.5. The molecule has 1 aliphatic heterocycles. The first-order valence-electron chi connectivity index (χ1n) is 8.80. The van der Waals surface area contributed by atoms with Crippen LogP contribution in [0.15, 0.2) is 48.5 Å². The second-order valence-corrected chi connectivity index (χ2v) is 6.65. The zero-order valence-corrected chi connectivity index (χ0v) is 15.4. The van der Waals surface area contributed by atoms with Crippen LogP contribution in [0.1, 0.15) is 27.9 Å². The summed E-state index contributed by atoms with van der Waals surface area (Å²) in [6.45, 7) is 2.74. The number of esters is 1. The van der Waals surface area contributed by atoms with Gasteiger partial charge in [-0.2, -0.15) is 0 Å². The van der Waals surface area contributed by atoms with Crippen molar-refractivity contribution in [1.29, 1.82) is 0 Å². The van der Waals surface area contributed by atoms with Crippen molar-refractivity contribution in [2.75, 3.05) is 18.6 Å². The van der Waals surface area contributed by atoms with Gasteiger partial charge in [0.15, 0.2) is 0 Å². The lowest BCUT2D eigenvalue weighted by Crippen LogP contribution is -2.32. The summed E-state index contributed by atoms with van der Waals surface area (Å²) in [5.74, 6) is -1.15. The zero-order chi connectivity index (χ0) is 19.4. The van der Waals surface area contributed by atoms with Crippen molar-refractivity contribution in [2.24, 2.45) is 5.92 Å².